The van der Waals surface area contributed by atoms with Gasteiger partial charge in [-0.05, 0) is 32.4 Å². The van der Waals surface area contributed by atoms with Crippen LogP contribution in [0.2, 0.25) is 0 Å². The molecular formula is C22H28ClFN3O9P. The molecule has 1 saturated heterocycles. The number of rotatable bonds is 11. The van der Waals surface area contributed by atoms with Gasteiger partial charge in [-0.25, -0.2) is 13.8 Å². The first kappa shape index (κ1) is 29.0. The van der Waals surface area contributed by atoms with E-state index in [1.165, 1.54) is 19.1 Å². The number of nitrogens with one attached hydrogen (secondary N) is 2. The molecule has 0 aliphatic carbocycles. The number of hydrogen-bond acceptors (Lipinski definition) is 9. The molecule has 2 heterocycles. The number of H-pyrrole nitrogens is 1. The number of nitrogens with zero attached hydrogens (tertiary/aromatic N) is 1. The Morgan fingerprint density at radius 1 is 1.32 bits per heavy atom. The van der Waals surface area contributed by atoms with Crippen LogP contribution >= 0.6 is 19.3 Å². The summed E-state index contributed by atoms with van der Waals surface area (Å²) in [7, 11) is -4.36. The first-order valence-corrected chi connectivity index (χ1v) is 13.3. The monoisotopic (exact) mass is 563 g/mol. The molecule has 7 atom stereocenters. The molecule has 2 unspecified atom stereocenters. The van der Waals surface area contributed by atoms with Crippen molar-refractivity contribution in [2.75, 3.05) is 6.61 Å². The molecule has 0 radical (unpaired) electrons. The summed E-state index contributed by atoms with van der Waals surface area (Å²) >= 11 is 5.87. The molecule has 0 bridgehead atoms. The molecule has 0 amide bonds. The third-order valence-electron chi connectivity index (χ3n) is 5.46. The van der Waals surface area contributed by atoms with Crippen molar-refractivity contribution in [2.45, 2.75) is 62.9 Å². The third kappa shape index (κ3) is 7.07. The zero-order valence-electron chi connectivity index (χ0n) is 20.2. The number of ether oxygens (including phenoxy) is 2. The lowest BCUT2D eigenvalue weighted by Crippen LogP contribution is -2.42. The Morgan fingerprint density at radius 2 is 2.00 bits per heavy atom. The molecule has 1 aliphatic rings. The summed E-state index contributed by atoms with van der Waals surface area (Å²) in [5.74, 6) is -0.586. The number of esters is 1. The van der Waals surface area contributed by atoms with Crippen molar-refractivity contribution in [3.63, 3.8) is 0 Å². The van der Waals surface area contributed by atoms with Gasteiger partial charge in [-0.15, -0.1) is 0 Å². The van der Waals surface area contributed by atoms with E-state index >= 15 is 4.39 Å². The van der Waals surface area contributed by atoms with Crippen molar-refractivity contribution in [3.05, 3.63) is 63.4 Å². The molecule has 1 fully saturated rings. The van der Waals surface area contributed by atoms with E-state index in [1.807, 2.05) is 11.9 Å². The lowest BCUT2D eigenvalue weighted by molar-refractivity contribution is -0.150. The van der Waals surface area contributed by atoms with Crippen LogP contribution in [0.5, 0.6) is 5.75 Å². The molecule has 3 rings (SSSR count). The van der Waals surface area contributed by atoms with Crippen molar-refractivity contribution in [1.29, 1.82) is 0 Å². The van der Waals surface area contributed by atoms with E-state index < -0.39 is 61.2 Å². The maximum Gasteiger partial charge on any atom is 0.459 e. The van der Waals surface area contributed by atoms with Crippen LogP contribution in [0.3, 0.4) is 0 Å². The van der Waals surface area contributed by atoms with E-state index in [1.54, 1.807) is 25.1 Å². The third-order valence-corrected chi connectivity index (χ3v) is 7.51. The molecule has 1 aromatic heterocycles. The predicted octanol–water partition coefficient (Wildman–Crippen LogP) is 2.22. The average molecular weight is 564 g/mol. The number of aliphatic hydroxyl groups is 1. The van der Waals surface area contributed by atoms with E-state index in [4.69, 9.17) is 30.1 Å². The first-order valence-electron chi connectivity index (χ1n) is 11.4. The Kier molecular flexibility index (Phi) is 9.32. The van der Waals surface area contributed by atoms with Crippen LogP contribution in [0.1, 0.15) is 33.4 Å². The number of hydrogen-bond donors (Lipinski definition) is 3. The summed E-state index contributed by atoms with van der Waals surface area (Å²) in [6.07, 6.45) is -4.29. The molecule has 12 nitrogen and oxygen atoms in total. The first-order chi connectivity index (χ1) is 17.4. The maximum atomic E-state index is 15.2. The summed E-state index contributed by atoms with van der Waals surface area (Å²) in [6, 6.07) is 7.71. The number of aromatic nitrogens is 2. The SMILES string of the molecule is CC[C@H](C)OC(=O)[C@H](C)NP(=O)(OC[C@H]1OC(n2ccc(=O)[nH]c2=O)[C@@](F)(Cl)[C@@H]1O)Oc1ccccc1. The normalized spacial score (nSPS) is 26.7. The molecule has 204 valence electrons. The molecule has 37 heavy (non-hydrogen) atoms. The number of benzene rings is 1. The van der Waals surface area contributed by atoms with Gasteiger partial charge in [-0.1, -0.05) is 36.7 Å². The average Bonchev–Trinajstić information content (AvgIpc) is 3.06. The zero-order valence-corrected chi connectivity index (χ0v) is 21.9. The van der Waals surface area contributed by atoms with E-state index in [9.17, 15) is 24.1 Å². The lowest BCUT2D eigenvalue weighted by atomic mass is 10.1. The van der Waals surface area contributed by atoms with Crippen LogP contribution in [-0.2, 0) is 23.4 Å². The minimum Gasteiger partial charge on any atom is -0.462 e. The van der Waals surface area contributed by atoms with E-state index in [0.29, 0.717) is 11.0 Å². The number of carbonyl (C=O) groups excluding carboxylic acids is 1. The van der Waals surface area contributed by atoms with Crippen molar-refractivity contribution in [1.82, 2.24) is 14.6 Å². The van der Waals surface area contributed by atoms with Gasteiger partial charge in [0.05, 0.1) is 12.7 Å². The number of carbonyl (C=O) groups is 1. The molecular weight excluding hydrogens is 536 g/mol. The number of aromatic amines is 1. The molecule has 0 saturated carbocycles. The second-order valence-corrected chi connectivity index (χ2v) is 10.6. The van der Waals surface area contributed by atoms with Gasteiger partial charge in [0, 0.05) is 12.3 Å². The van der Waals surface area contributed by atoms with Crippen molar-refractivity contribution in [2.24, 2.45) is 0 Å². The van der Waals surface area contributed by atoms with Gasteiger partial charge in [0.15, 0.2) is 6.23 Å². The largest absolute Gasteiger partial charge is 0.462 e. The predicted molar refractivity (Wildman–Crippen MR) is 130 cm³/mol. The molecule has 3 N–H and O–H groups in total. The number of para-hydroxylation sites is 1. The zero-order chi connectivity index (χ0) is 27.4. The molecule has 1 aliphatic heterocycles. The summed E-state index contributed by atoms with van der Waals surface area (Å²) in [4.78, 5) is 37.8. The van der Waals surface area contributed by atoms with Crippen LogP contribution < -0.4 is 20.9 Å². The summed E-state index contributed by atoms with van der Waals surface area (Å²) in [5, 5.41) is 9.91. The Morgan fingerprint density at radius 3 is 2.62 bits per heavy atom. The topological polar surface area (TPSA) is 158 Å². The standard InChI is InChI=1S/C22H28ClFN3O9P/c1-4-13(2)34-19(30)14(3)26-37(32,36-15-8-6-5-7-9-15)33-12-16-18(29)22(23,24)20(35-16)27-11-10-17(28)25-21(27)31/h5-11,13-14,16,18,20,29H,4,12H2,1-3H3,(H,26,32)(H,25,28,31)/t13-,14-,16+,18+,20?,22+,37?/m0/s1. The second kappa shape index (κ2) is 11.9. The Balaban J connectivity index is 1.79. The summed E-state index contributed by atoms with van der Waals surface area (Å²) < 4.78 is 51.1. The minimum atomic E-state index is -4.36. The second-order valence-electron chi connectivity index (χ2n) is 8.37. The van der Waals surface area contributed by atoms with Gasteiger partial charge in [0.25, 0.3) is 10.7 Å². The Hall–Kier alpha value is -2.54. The lowest BCUT2D eigenvalue weighted by Gasteiger charge is -2.25. The highest BCUT2D eigenvalue weighted by Gasteiger charge is 2.58. The van der Waals surface area contributed by atoms with Gasteiger partial charge in [-0.2, -0.15) is 5.09 Å². The number of halogens is 2. The van der Waals surface area contributed by atoms with E-state index in [2.05, 4.69) is 5.09 Å². The Bertz CT molecular complexity index is 1240. The highest BCUT2D eigenvalue weighted by molar-refractivity contribution is 7.52. The van der Waals surface area contributed by atoms with Crippen LogP contribution in [0, 0.1) is 0 Å². The van der Waals surface area contributed by atoms with Crippen LogP contribution in [0.4, 0.5) is 4.39 Å². The number of aliphatic hydroxyl groups excluding tert-OH is 1. The van der Waals surface area contributed by atoms with Gasteiger partial charge < -0.3 is 19.1 Å². The van der Waals surface area contributed by atoms with Gasteiger partial charge in [0.1, 0.15) is 24.0 Å². The quantitative estimate of drug-likeness (QED) is 0.210. The summed E-state index contributed by atoms with van der Waals surface area (Å²) in [5.41, 5.74) is -1.76. The molecule has 2 aromatic rings. The molecule has 0 spiro atoms. The minimum absolute atomic E-state index is 0.128. The van der Waals surface area contributed by atoms with Crippen LogP contribution in [0.25, 0.3) is 0 Å². The van der Waals surface area contributed by atoms with Crippen molar-refractivity contribution in [3.8, 4) is 5.75 Å². The van der Waals surface area contributed by atoms with Gasteiger partial charge >= 0.3 is 19.4 Å². The van der Waals surface area contributed by atoms with E-state index in [-0.39, 0.29) is 11.9 Å². The van der Waals surface area contributed by atoms with E-state index in [0.717, 1.165) is 12.3 Å². The fourth-order valence-electron chi connectivity index (χ4n) is 3.27. The van der Waals surface area contributed by atoms with Crippen LogP contribution in [0.15, 0.2) is 52.2 Å². The van der Waals surface area contributed by atoms with Gasteiger partial charge in [-0.3, -0.25) is 23.7 Å². The van der Waals surface area contributed by atoms with Crippen molar-refractivity contribution >= 4 is 25.3 Å². The van der Waals surface area contributed by atoms with Crippen molar-refractivity contribution < 1.29 is 37.4 Å². The summed E-state index contributed by atoms with van der Waals surface area (Å²) in [6.45, 7) is 4.18. The molecule has 15 heteroatoms. The molecule has 1 aromatic carbocycles. The fraction of sp³-hybridized carbons (Fsp3) is 0.500. The van der Waals surface area contributed by atoms with Crippen LogP contribution in [-0.4, -0.2) is 56.7 Å². The Labute approximate surface area is 216 Å². The highest BCUT2D eigenvalue weighted by atomic mass is 35.5. The van der Waals surface area contributed by atoms with Gasteiger partial charge in [0.2, 0.25) is 0 Å². The number of alkyl halides is 2. The maximum absolute atomic E-state index is 15.2. The fourth-order valence-corrected chi connectivity index (χ4v) is 5.07. The smallest absolute Gasteiger partial charge is 0.459 e. The highest BCUT2D eigenvalue weighted by Crippen LogP contribution is 2.48.